The summed E-state index contributed by atoms with van der Waals surface area (Å²) in [5.41, 5.74) is 1.34. The van der Waals surface area contributed by atoms with Crippen molar-refractivity contribution < 1.29 is 14.3 Å². The van der Waals surface area contributed by atoms with Crippen LogP contribution >= 0.6 is 11.6 Å². The molecule has 2 aromatic rings. The minimum Gasteiger partial charge on any atom is -0.491 e. The highest BCUT2D eigenvalue weighted by Crippen LogP contribution is 2.24. The molecule has 0 radical (unpaired) electrons. The van der Waals surface area contributed by atoms with E-state index in [9.17, 15) is 9.59 Å². The Morgan fingerprint density at radius 1 is 1.21 bits per heavy atom. The van der Waals surface area contributed by atoms with Crippen LogP contribution in [-0.2, 0) is 11.2 Å². The Balaban J connectivity index is 1.73. The van der Waals surface area contributed by atoms with Crippen molar-refractivity contribution in [1.82, 2.24) is 14.8 Å². The lowest BCUT2D eigenvalue weighted by atomic mass is 10.1. The summed E-state index contributed by atoms with van der Waals surface area (Å²) < 4.78 is 5.85. The fourth-order valence-electron chi connectivity index (χ4n) is 3.17. The zero-order chi connectivity index (χ0) is 19.9. The molecule has 148 valence electrons. The largest absolute Gasteiger partial charge is 0.491 e. The molecular weight excluding hydrogens is 378 g/mol. The van der Waals surface area contributed by atoms with E-state index in [4.69, 9.17) is 16.3 Å². The predicted molar refractivity (Wildman–Crippen MR) is 108 cm³/mol. The lowest BCUT2D eigenvalue weighted by molar-refractivity contribution is -0.131. The second kappa shape index (κ2) is 9.55. The summed E-state index contributed by atoms with van der Waals surface area (Å²) >= 11 is 6.07. The standard InChI is InChI=1S/C21H24ClN3O3/c1-24-9-2-3-10-25(20(26)13-16-5-4-8-23-15-16)11-12-28-19-7-6-17(22)14-18(19)21(24)27/h4-8,14-15H,2-3,9-13H2,1H3. The van der Waals surface area contributed by atoms with E-state index in [-0.39, 0.29) is 11.8 Å². The molecule has 0 bridgehead atoms. The number of carbonyl (C=O) groups is 2. The van der Waals surface area contributed by atoms with Gasteiger partial charge in [0, 0.05) is 37.6 Å². The average molecular weight is 402 g/mol. The van der Waals surface area contributed by atoms with Crippen LogP contribution < -0.4 is 4.74 Å². The summed E-state index contributed by atoms with van der Waals surface area (Å²) in [6, 6.07) is 8.77. The van der Waals surface area contributed by atoms with Gasteiger partial charge in [-0.25, -0.2) is 0 Å². The normalized spacial score (nSPS) is 15.9. The van der Waals surface area contributed by atoms with Crippen LogP contribution in [0.3, 0.4) is 0 Å². The molecule has 7 heteroatoms. The van der Waals surface area contributed by atoms with Crippen LogP contribution in [0.15, 0.2) is 42.7 Å². The first-order valence-corrected chi connectivity index (χ1v) is 9.77. The zero-order valence-electron chi connectivity index (χ0n) is 15.9. The van der Waals surface area contributed by atoms with Gasteiger partial charge in [-0.15, -0.1) is 0 Å². The first kappa shape index (κ1) is 20.1. The zero-order valence-corrected chi connectivity index (χ0v) is 16.7. The van der Waals surface area contributed by atoms with Gasteiger partial charge in [-0.05, 0) is 42.7 Å². The third kappa shape index (κ3) is 5.23. The van der Waals surface area contributed by atoms with Gasteiger partial charge in [0.25, 0.3) is 5.91 Å². The molecule has 0 aliphatic carbocycles. The molecule has 2 amide bonds. The monoisotopic (exact) mass is 401 g/mol. The van der Waals surface area contributed by atoms with Crippen molar-refractivity contribution in [3.63, 3.8) is 0 Å². The molecule has 1 aliphatic rings. The number of benzene rings is 1. The molecule has 2 heterocycles. The summed E-state index contributed by atoms with van der Waals surface area (Å²) in [6.07, 6.45) is 5.36. The molecule has 1 aromatic heterocycles. The van der Waals surface area contributed by atoms with Crippen molar-refractivity contribution in [3.05, 3.63) is 58.9 Å². The lowest BCUT2D eigenvalue weighted by Crippen LogP contribution is -2.37. The van der Waals surface area contributed by atoms with Gasteiger partial charge in [-0.2, -0.15) is 0 Å². The number of carbonyl (C=O) groups excluding carboxylic acids is 2. The second-order valence-electron chi connectivity index (χ2n) is 6.84. The van der Waals surface area contributed by atoms with Crippen LogP contribution in [0, 0.1) is 0 Å². The van der Waals surface area contributed by atoms with Crippen molar-refractivity contribution in [2.75, 3.05) is 33.3 Å². The highest BCUT2D eigenvalue weighted by Gasteiger charge is 2.20. The minimum atomic E-state index is -0.109. The smallest absolute Gasteiger partial charge is 0.257 e. The summed E-state index contributed by atoms with van der Waals surface area (Å²) in [6.45, 7) is 2.02. The number of aromatic nitrogens is 1. The van der Waals surface area contributed by atoms with Gasteiger partial charge in [0.15, 0.2) is 0 Å². The van der Waals surface area contributed by atoms with E-state index in [2.05, 4.69) is 4.98 Å². The van der Waals surface area contributed by atoms with Gasteiger partial charge in [0.05, 0.1) is 18.5 Å². The average Bonchev–Trinajstić information content (AvgIpc) is 2.69. The van der Waals surface area contributed by atoms with Gasteiger partial charge >= 0.3 is 0 Å². The Labute approximate surface area is 170 Å². The molecule has 0 atom stereocenters. The van der Waals surface area contributed by atoms with Gasteiger partial charge in [0.1, 0.15) is 12.4 Å². The highest BCUT2D eigenvalue weighted by atomic mass is 35.5. The molecule has 6 nitrogen and oxygen atoms in total. The Hall–Kier alpha value is -2.60. The number of fused-ring (bicyclic) bond motifs is 1. The first-order chi connectivity index (χ1) is 13.5. The molecule has 3 rings (SSSR count). The van der Waals surface area contributed by atoms with Crippen molar-refractivity contribution in [2.24, 2.45) is 0 Å². The van der Waals surface area contributed by atoms with E-state index >= 15 is 0 Å². The maximum Gasteiger partial charge on any atom is 0.257 e. The summed E-state index contributed by atoms with van der Waals surface area (Å²) in [5, 5.41) is 0.490. The number of pyridine rings is 1. The SMILES string of the molecule is CN1CCCCN(C(=O)Cc2cccnc2)CCOc2ccc(Cl)cc2C1=O. The molecule has 0 N–H and O–H groups in total. The van der Waals surface area contributed by atoms with Crippen LogP contribution in [0.25, 0.3) is 0 Å². The fraction of sp³-hybridized carbons (Fsp3) is 0.381. The van der Waals surface area contributed by atoms with E-state index in [1.165, 1.54) is 0 Å². The van der Waals surface area contributed by atoms with Crippen molar-refractivity contribution >= 4 is 23.4 Å². The maximum atomic E-state index is 12.8. The van der Waals surface area contributed by atoms with Gasteiger partial charge in [0.2, 0.25) is 5.91 Å². The highest BCUT2D eigenvalue weighted by molar-refractivity contribution is 6.31. The van der Waals surface area contributed by atoms with Crippen LogP contribution in [0.2, 0.25) is 5.02 Å². The molecule has 0 spiro atoms. The molecule has 0 saturated carbocycles. The molecule has 0 unspecified atom stereocenters. The topological polar surface area (TPSA) is 62.7 Å². The number of ether oxygens (including phenoxy) is 1. The molecule has 0 fully saturated rings. The number of hydrogen-bond acceptors (Lipinski definition) is 4. The van der Waals surface area contributed by atoms with Crippen LogP contribution in [0.5, 0.6) is 5.75 Å². The van der Waals surface area contributed by atoms with E-state index in [0.717, 1.165) is 18.4 Å². The number of rotatable bonds is 2. The van der Waals surface area contributed by atoms with Crippen molar-refractivity contribution in [3.8, 4) is 5.75 Å². The summed E-state index contributed by atoms with van der Waals surface area (Å²) in [7, 11) is 1.77. The number of amides is 2. The first-order valence-electron chi connectivity index (χ1n) is 9.39. The summed E-state index contributed by atoms with van der Waals surface area (Å²) in [5.74, 6) is 0.429. The molecular formula is C21H24ClN3O3. The Morgan fingerprint density at radius 2 is 2.04 bits per heavy atom. The van der Waals surface area contributed by atoms with Crippen LogP contribution in [0.1, 0.15) is 28.8 Å². The number of nitrogens with zero attached hydrogens (tertiary/aromatic N) is 3. The van der Waals surface area contributed by atoms with Crippen LogP contribution in [0.4, 0.5) is 0 Å². The molecule has 1 aliphatic heterocycles. The lowest BCUT2D eigenvalue weighted by Gasteiger charge is -2.26. The second-order valence-corrected chi connectivity index (χ2v) is 7.28. The third-order valence-corrected chi connectivity index (χ3v) is 4.97. The van der Waals surface area contributed by atoms with E-state index < -0.39 is 0 Å². The van der Waals surface area contributed by atoms with E-state index in [1.54, 1.807) is 42.5 Å². The minimum absolute atomic E-state index is 0.0504. The van der Waals surface area contributed by atoms with Crippen molar-refractivity contribution in [1.29, 1.82) is 0 Å². The Morgan fingerprint density at radius 3 is 2.82 bits per heavy atom. The Kier molecular flexibility index (Phi) is 6.87. The van der Waals surface area contributed by atoms with Crippen molar-refractivity contribution in [2.45, 2.75) is 19.3 Å². The number of hydrogen-bond donors (Lipinski definition) is 0. The number of halogens is 1. The van der Waals surface area contributed by atoms with E-state index in [1.807, 2.05) is 17.0 Å². The van der Waals surface area contributed by atoms with Gasteiger partial charge < -0.3 is 14.5 Å². The third-order valence-electron chi connectivity index (χ3n) is 4.74. The Bertz CT molecular complexity index is 829. The predicted octanol–water partition coefficient (Wildman–Crippen LogP) is 3.05. The molecule has 1 aromatic carbocycles. The maximum absolute atomic E-state index is 12.8. The van der Waals surface area contributed by atoms with Gasteiger partial charge in [-0.3, -0.25) is 14.6 Å². The van der Waals surface area contributed by atoms with Gasteiger partial charge in [-0.1, -0.05) is 17.7 Å². The quantitative estimate of drug-likeness (QED) is 0.775. The summed E-state index contributed by atoms with van der Waals surface area (Å²) in [4.78, 5) is 33.0. The molecule has 28 heavy (non-hydrogen) atoms. The molecule has 0 saturated heterocycles. The van der Waals surface area contributed by atoms with E-state index in [0.29, 0.717) is 49.0 Å². The van der Waals surface area contributed by atoms with Crippen LogP contribution in [-0.4, -0.2) is 59.9 Å². The fourth-order valence-corrected chi connectivity index (χ4v) is 3.34.